The first kappa shape index (κ1) is 15.6. The van der Waals surface area contributed by atoms with Gasteiger partial charge in [-0.15, -0.1) is 0 Å². The van der Waals surface area contributed by atoms with Crippen molar-refractivity contribution in [1.82, 2.24) is 5.32 Å². The van der Waals surface area contributed by atoms with Crippen molar-refractivity contribution in [2.24, 2.45) is 0 Å². The summed E-state index contributed by atoms with van der Waals surface area (Å²) < 4.78 is 0. The van der Waals surface area contributed by atoms with Gasteiger partial charge in [-0.3, -0.25) is 4.79 Å². The van der Waals surface area contributed by atoms with Gasteiger partial charge in [-0.2, -0.15) is 11.8 Å². The van der Waals surface area contributed by atoms with Crippen molar-refractivity contribution in [1.29, 1.82) is 0 Å². The summed E-state index contributed by atoms with van der Waals surface area (Å²) in [4.78, 5) is 21.9. The molecule has 0 aliphatic rings. The van der Waals surface area contributed by atoms with E-state index in [1.165, 1.54) is 35.4 Å². The van der Waals surface area contributed by atoms with Crippen molar-refractivity contribution in [3.05, 3.63) is 34.9 Å². The van der Waals surface area contributed by atoms with Crippen LogP contribution in [0.2, 0.25) is 0 Å². The maximum absolute atomic E-state index is 11.0. The maximum Gasteiger partial charge on any atom is 0.327 e. The summed E-state index contributed by atoms with van der Waals surface area (Å²) >= 11 is 1.52. The summed E-state index contributed by atoms with van der Waals surface area (Å²) in [5, 5.41) is 11.4. The van der Waals surface area contributed by atoms with Crippen molar-refractivity contribution >= 4 is 23.6 Å². The minimum Gasteiger partial charge on any atom is -0.480 e. The van der Waals surface area contributed by atoms with Crippen molar-refractivity contribution in [2.75, 3.05) is 5.75 Å². The lowest BCUT2D eigenvalue weighted by molar-refractivity contribution is -0.140. The number of carbonyl (C=O) groups is 2. The van der Waals surface area contributed by atoms with Crippen LogP contribution in [0.4, 0.5) is 0 Å². The van der Waals surface area contributed by atoms with Crippen LogP contribution < -0.4 is 5.32 Å². The molecule has 0 saturated carbocycles. The second kappa shape index (κ2) is 7.19. The number of benzene rings is 1. The van der Waals surface area contributed by atoms with Gasteiger partial charge in [0.25, 0.3) is 0 Å². The van der Waals surface area contributed by atoms with Crippen LogP contribution in [0.5, 0.6) is 0 Å². The van der Waals surface area contributed by atoms with Crippen molar-refractivity contribution < 1.29 is 14.7 Å². The molecule has 1 atom stereocenters. The van der Waals surface area contributed by atoms with Gasteiger partial charge in [-0.1, -0.05) is 18.2 Å². The number of aliphatic carboxylic acids is 1. The largest absolute Gasteiger partial charge is 0.480 e. The van der Waals surface area contributed by atoms with Crippen LogP contribution in [0, 0.1) is 13.8 Å². The monoisotopic (exact) mass is 281 g/mol. The summed E-state index contributed by atoms with van der Waals surface area (Å²) in [6, 6.07) is 5.28. The lowest BCUT2D eigenvalue weighted by atomic mass is 10.1. The summed E-state index contributed by atoms with van der Waals surface area (Å²) in [5.74, 6) is -0.200. The summed E-state index contributed by atoms with van der Waals surface area (Å²) in [6.45, 7) is 5.42. The van der Waals surface area contributed by atoms with Gasteiger partial charge in [-0.25, -0.2) is 4.79 Å². The number of aryl methyl sites for hydroxylation is 2. The second-order valence-electron chi connectivity index (χ2n) is 4.48. The predicted molar refractivity (Wildman–Crippen MR) is 77.3 cm³/mol. The molecule has 1 aromatic carbocycles. The first-order valence-electron chi connectivity index (χ1n) is 6.04. The topological polar surface area (TPSA) is 66.4 Å². The number of nitrogens with one attached hydrogen (secondary N) is 1. The van der Waals surface area contributed by atoms with Crippen molar-refractivity contribution in [3.63, 3.8) is 0 Å². The molecule has 1 aromatic rings. The van der Waals surface area contributed by atoms with Crippen LogP contribution in [0.25, 0.3) is 0 Å². The highest BCUT2D eigenvalue weighted by atomic mass is 32.2. The van der Waals surface area contributed by atoms with E-state index in [1.54, 1.807) is 0 Å². The number of thioether (sulfide) groups is 1. The fourth-order valence-electron chi connectivity index (χ4n) is 1.78. The van der Waals surface area contributed by atoms with Crippen molar-refractivity contribution in [2.45, 2.75) is 32.6 Å². The van der Waals surface area contributed by atoms with E-state index >= 15 is 0 Å². The quantitative estimate of drug-likeness (QED) is 0.838. The molecule has 5 heteroatoms. The van der Waals surface area contributed by atoms with Gasteiger partial charge in [0.1, 0.15) is 6.04 Å². The van der Waals surface area contributed by atoms with Crippen LogP contribution in [0.1, 0.15) is 23.6 Å². The molecule has 0 aliphatic carbocycles. The number of carboxylic acids is 1. The molecule has 104 valence electrons. The third kappa shape index (κ3) is 4.95. The van der Waals surface area contributed by atoms with E-state index in [2.05, 4.69) is 5.32 Å². The fraction of sp³-hybridized carbons (Fsp3) is 0.429. The molecule has 0 heterocycles. The Morgan fingerprint density at radius 1 is 1.32 bits per heavy atom. The Labute approximate surface area is 117 Å². The van der Waals surface area contributed by atoms with E-state index in [4.69, 9.17) is 5.11 Å². The molecule has 4 nitrogen and oxygen atoms in total. The second-order valence-corrected chi connectivity index (χ2v) is 5.51. The van der Waals surface area contributed by atoms with E-state index in [9.17, 15) is 9.59 Å². The SMILES string of the molecule is CC(=O)NC(CSCc1c(C)cccc1C)C(=O)O. The standard InChI is InChI=1S/C14H19NO3S/c1-9-5-4-6-10(2)12(9)7-19-8-13(14(17)18)15-11(3)16/h4-6,13H,7-8H2,1-3H3,(H,15,16)(H,17,18). The molecule has 0 bridgehead atoms. The van der Waals surface area contributed by atoms with E-state index < -0.39 is 12.0 Å². The van der Waals surface area contributed by atoms with Gasteiger partial charge >= 0.3 is 5.97 Å². The van der Waals surface area contributed by atoms with Crippen LogP contribution in [-0.2, 0) is 15.3 Å². The van der Waals surface area contributed by atoms with Crippen LogP contribution in [0.15, 0.2) is 18.2 Å². The highest BCUT2D eigenvalue weighted by Crippen LogP contribution is 2.20. The smallest absolute Gasteiger partial charge is 0.327 e. The molecule has 0 aliphatic heterocycles. The van der Waals surface area contributed by atoms with Gasteiger partial charge in [0.15, 0.2) is 0 Å². The molecular formula is C14H19NO3S. The molecule has 19 heavy (non-hydrogen) atoms. The number of carbonyl (C=O) groups excluding carboxylic acids is 1. The third-order valence-corrected chi connectivity index (χ3v) is 3.91. The molecule has 0 saturated heterocycles. The average molecular weight is 281 g/mol. The minimum atomic E-state index is -0.996. The molecule has 1 rings (SSSR count). The highest BCUT2D eigenvalue weighted by Gasteiger charge is 2.18. The molecule has 0 radical (unpaired) electrons. The van der Waals surface area contributed by atoms with Gasteiger partial charge in [0.05, 0.1) is 0 Å². The lowest BCUT2D eigenvalue weighted by Gasteiger charge is -2.14. The van der Waals surface area contributed by atoms with Crippen LogP contribution >= 0.6 is 11.8 Å². The zero-order chi connectivity index (χ0) is 14.4. The number of hydrogen-bond acceptors (Lipinski definition) is 3. The Morgan fingerprint density at radius 3 is 2.37 bits per heavy atom. The first-order valence-corrected chi connectivity index (χ1v) is 7.20. The zero-order valence-electron chi connectivity index (χ0n) is 11.4. The van der Waals surface area contributed by atoms with Crippen LogP contribution in [-0.4, -0.2) is 28.8 Å². The summed E-state index contributed by atoms with van der Waals surface area (Å²) in [6.07, 6.45) is 0. The molecule has 1 unspecified atom stereocenters. The van der Waals surface area contributed by atoms with E-state index in [1.807, 2.05) is 32.0 Å². The fourth-order valence-corrected chi connectivity index (χ4v) is 3.01. The van der Waals surface area contributed by atoms with Gasteiger partial charge in [0, 0.05) is 18.4 Å². The number of amides is 1. The van der Waals surface area contributed by atoms with Gasteiger partial charge in [0.2, 0.25) is 5.91 Å². The van der Waals surface area contributed by atoms with E-state index in [-0.39, 0.29) is 5.91 Å². The van der Waals surface area contributed by atoms with Gasteiger partial charge in [-0.05, 0) is 30.5 Å². The average Bonchev–Trinajstić information content (AvgIpc) is 2.30. The molecule has 2 N–H and O–H groups in total. The Hall–Kier alpha value is -1.49. The molecule has 0 aromatic heterocycles. The predicted octanol–water partition coefficient (Wildman–Crippen LogP) is 2.13. The first-order chi connectivity index (χ1) is 8.91. The third-order valence-electron chi connectivity index (χ3n) is 2.85. The Bertz CT molecular complexity index is 454. The molecule has 1 amide bonds. The number of rotatable bonds is 6. The number of hydrogen-bond donors (Lipinski definition) is 2. The van der Waals surface area contributed by atoms with Gasteiger partial charge < -0.3 is 10.4 Å². The minimum absolute atomic E-state index is 0.319. The zero-order valence-corrected chi connectivity index (χ0v) is 12.2. The van der Waals surface area contributed by atoms with E-state index in [0.29, 0.717) is 5.75 Å². The highest BCUT2D eigenvalue weighted by molar-refractivity contribution is 7.98. The Balaban J connectivity index is 2.57. The summed E-state index contributed by atoms with van der Waals surface area (Å²) in [5.41, 5.74) is 3.65. The maximum atomic E-state index is 11.0. The number of carboxylic acid groups (broad SMARTS) is 1. The molecule has 0 fully saturated rings. The lowest BCUT2D eigenvalue weighted by Crippen LogP contribution is -2.41. The van der Waals surface area contributed by atoms with Crippen LogP contribution in [0.3, 0.4) is 0 Å². The van der Waals surface area contributed by atoms with E-state index in [0.717, 1.165) is 5.75 Å². The molecular weight excluding hydrogens is 262 g/mol. The summed E-state index contributed by atoms with van der Waals surface area (Å²) in [7, 11) is 0. The normalized spacial score (nSPS) is 11.9. The Kier molecular flexibility index (Phi) is 5.89. The van der Waals surface area contributed by atoms with Crippen molar-refractivity contribution in [3.8, 4) is 0 Å². The Morgan fingerprint density at radius 2 is 1.89 bits per heavy atom. The molecule has 0 spiro atoms.